The number of anilines is 6. The first-order chi connectivity index (χ1) is 32.8. The Morgan fingerprint density at radius 3 is 1.47 bits per heavy atom. The number of hydrogen-bond donors (Lipinski definition) is 0. The Hall–Kier alpha value is -8.24. The molecule has 10 aromatic carbocycles. The molecule has 1 spiro atoms. The summed E-state index contributed by atoms with van der Waals surface area (Å²) in [6.45, 7) is 0. The van der Waals surface area contributed by atoms with Crippen LogP contribution in [0.15, 0.2) is 255 Å². The molecule has 66 heavy (non-hydrogen) atoms. The summed E-state index contributed by atoms with van der Waals surface area (Å²) in [6.07, 6.45) is 0. The molecule has 2 aliphatic carbocycles. The van der Waals surface area contributed by atoms with Crippen LogP contribution in [0.3, 0.4) is 0 Å². The molecule has 3 heteroatoms. The minimum absolute atomic E-state index is 0.576. The van der Waals surface area contributed by atoms with E-state index in [1.807, 2.05) is 11.3 Å². The molecular weight excluding hydrogens is 817 g/mol. The Balaban J connectivity index is 1.09. The number of benzene rings is 10. The van der Waals surface area contributed by atoms with E-state index in [9.17, 15) is 0 Å². The van der Waals surface area contributed by atoms with Gasteiger partial charge in [0, 0.05) is 54.5 Å². The molecular formula is C63H42N2S. The molecule has 2 nitrogen and oxygen atoms in total. The van der Waals surface area contributed by atoms with Crippen molar-refractivity contribution in [3.63, 3.8) is 0 Å². The summed E-state index contributed by atoms with van der Waals surface area (Å²) in [6, 6.07) is 93.6. The smallest absolute Gasteiger partial charge is 0.0820 e. The van der Waals surface area contributed by atoms with Gasteiger partial charge in [-0.3, -0.25) is 0 Å². The van der Waals surface area contributed by atoms with E-state index in [2.05, 4.69) is 265 Å². The average Bonchev–Trinajstić information content (AvgIpc) is 4.01. The van der Waals surface area contributed by atoms with Gasteiger partial charge in [0.15, 0.2) is 0 Å². The highest BCUT2D eigenvalue weighted by atomic mass is 32.1. The second-order valence-corrected chi connectivity index (χ2v) is 18.2. The van der Waals surface area contributed by atoms with Crippen LogP contribution in [0.1, 0.15) is 21.6 Å². The maximum Gasteiger partial charge on any atom is 0.0820 e. The SMILES string of the molecule is c1ccc(-c2ccc(N(c3ccc4c(c3)C3(c5ccccc5-c5ccc(N(c6ccccc6)c6ccccc6)cc53)c3sc5ccccc5c3-4)c3ccccc3-c3ccccc3)cc2)cc1. The fourth-order valence-corrected chi connectivity index (χ4v) is 12.3. The van der Waals surface area contributed by atoms with E-state index in [4.69, 9.17) is 0 Å². The third-order valence-corrected chi connectivity index (χ3v) is 14.9. The van der Waals surface area contributed by atoms with Crippen molar-refractivity contribution in [2.24, 2.45) is 0 Å². The van der Waals surface area contributed by atoms with E-state index in [1.54, 1.807) is 0 Å². The van der Waals surface area contributed by atoms with Gasteiger partial charge in [0.25, 0.3) is 0 Å². The molecule has 1 heterocycles. The first-order valence-corrected chi connectivity index (χ1v) is 23.5. The van der Waals surface area contributed by atoms with Crippen LogP contribution in [0.4, 0.5) is 34.1 Å². The molecule has 0 radical (unpaired) electrons. The topological polar surface area (TPSA) is 6.48 Å². The molecule has 0 bridgehead atoms. The van der Waals surface area contributed by atoms with Crippen molar-refractivity contribution in [1.82, 2.24) is 0 Å². The Morgan fingerprint density at radius 2 is 0.773 bits per heavy atom. The second-order valence-electron chi connectivity index (χ2n) is 17.2. The monoisotopic (exact) mass is 858 g/mol. The molecule has 2 aliphatic rings. The molecule has 13 rings (SSSR count). The van der Waals surface area contributed by atoms with Gasteiger partial charge >= 0.3 is 0 Å². The van der Waals surface area contributed by atoms with Crippen molar-refractivity contribution in [3.05, 3.63) is 276 Å². The highest BCUT2D eigenvalue weighted by Crippen LogP contribution is 2.67. The normalized spacial score (nSPS) is 14.1. The van der Waals surface area contributed by atoms with Crippen LogP contribution in [0.2, 0.25) is 0 Å². The highest BCUT2D eigenvalue weighted by molar-refractivity contribution is 7.20. The summed E-state index contributed by atoms with van der Waals surface area (Å²) in [4.78, 5) is 6.25. The summed E-state index contributed by atoms with van der Waals surface area (Å²) in [5.74, 6) is 0. The zero-order valence-electron chi connectivity index (χ0n) is 36.1. The molecule has 0 saturated carbocycles. The lowest BCUT2D eigenvalue weighted by atomic mass is 9.73. The molecule has 0 N–H and O–H groups in total. The molecule has 0 aliphatic heterocycles. The van der Waals surface area contributed by atoms with Gasteiger partial charge in [0.2, 0.25) is 0 Å². The number of rotatable bonds is 8. The summed E-state index contributed by atoms with van der Waals surface area (Å²) in [5, 5.41) is 1.31. The van der Waals surface area contributed by atoms with Crippen molar-refractivity contribution in [2.45, 2.75) is 5.41 Å². The maximum atomic E-state index is 2.52. The molecule has 1 atom stereocenters. The lowest BCUT2D eigenvalue weighted by Crippen LogP contribution is -2.26. The first kappa shape index (κ1) is 38.2. The standard InChI is InChI=1S/C63H42N2S/c1-5-19-43(20-6-1)44-33-35-48(36-34-44)65(59-31-17-14-27-51(59)45-21-7-2-8-22-45)50-38-40-54-58(42-50)63(62-61(54)55-29-15-18-32-60(55)66-62)56-30-16-13-28-52(56)53-39-37-49(41-57(53)63)64(46-23-9-3-10-24-46)47-25-11-4-12-26-47/h1-42H. The zero-order chi connectivity index (χ0) is 43.6. The number of para-hydroxylation sites is 3. The van der Waals surface area contributed by atoms with Crippen molar-refractivity contribution in [2.75, 3.05) is 9.80 Å². The van der Waals surface area contributed by atoms with E-state index in [-0.39, 0.29) is 0 Å². The van der Waals surface area contributed by atoms with Crippen molar-refractivity contribution >= 4 is 55.5 Å². The predicted molar refractivity (Wildman–Crippen MR) is 278 cm³/mol. The number of hydrogen-bond acceptors (Lipinski definition) is 3. The third kappa shape index (κ3) is 5.87. The third-order valence-electron chi connectivity index (χ3n) is 13.6. The summed E-state index contributed by atoms with van der Waals surface area (Å²) >= 11 is 1.95. The van der Waals surface area contributed by atoms with Crippen LogP contribution in [-0.2, 0) is 5.41 Å². The molecule has 1 unspecified atom stereocenters. The summed E-state index contributed by atoms with van der Waals surface area (Å²) in [5.41, 5.74) is 20.0. The van der Waals surface area contributed by atoms with Crippen LogP contribution in [0, 0.1) is 0 Å². The molecule has 1 aromatic heterocycles. The molecule has 11 aromatic rings. The van der Waals surface area contributed by atoms with Crippen molar-refractivity contribution in [3.8, 4) is 44.5 Å². The fraction of sp³-hybridized carbons (Fsp3) is 0.0159. The Morgan fingerprint density at radius 1 is 0.303 bits per heavy atom. The van der Waals surface area contributed by atoms with E-state index >= 15 is 0 Å². The van der Waals surface area contributed by atoms with Crippen LogP contribution in [0.5, 0.6) is 0 Å². The minimum Gasteiger partial charge on any atom is -0.310 e. The van der Waals surface area contributed by atoms with Crippen LogP contribution in [-0.4, -0.2) is 0 Å². The maximum absolute atomic E-state index is 2.52. The second kappa shape index (κ2) is 15.5. The summed E-state index contributed by atoms with van der Waals surface area (Å²) in [7, 11) is 0. The van der Waals surface area contributed by atoms with Crippen LogP contribution in [0.25, 0.3) is 54.6 Å². The number of nitrogens with zero attached hydrogens (tertiary/aromatic N) is 2. The largest absolute Gasteiger partial charge is 0.310 e. The van der Waals surface area contributed by atoms with Gasteiger partial charge < -0.3 is 9.80 Å². The Labute approximate surface area is 389 Å². The molecule has 0 fully saturated rings. The quantitative estimate of drug-likeness (QED) is 0.150. The van der Waals surface area contributed by atoms with Gasteiger partial charge in [0.1, 0.15) is 0 Å². The van der Waals surface area contributed by atoms with Gasteiger partial charge in [0.05, 0.1) is 11.1 Å². The molecule has 0 saturated heterocycles. The van der Waals surface area contributed by atoms with Gasteiger partial charge in [-0.2, -0.15) is 0 Å². The van der Waals surface area contributed by atoms with E-state index in [1.165, 1.54) is 76.2 Å². The van der Waals surface area contributed by atoms with Crippen LogP contribution >= 0.6 is 11.3 Å². The van der Waals surface area contributed by atoms with Gasteiger partial charge in [-0.05, 0) is 123 Å². The number of thiophene rings is 1. The highest BCUT2D eigenvalue weighted by Gasteiger charge is 2.54. The summed E-state index contributed by atoms with van der Waals surface area (Å²) < 4.78 is 1.31. The molecule has 0 amide bonds. The van der Waals surface area contributed by atoms with E-state index in [0.717, 1.165) is 34.1 Å². The van der Waals surface area contributed by atoms with Crippen molar-refractivity contribution < 1.29 is 0 Å². The number of fused-ring (bicyclic) bond motifs is 12. The van der Waals surface area contributed by atoms with E-state index in [0.29, 0.717) is 0 Å². The Kier molecular flexibility index (Phi) is 8.97. The average molecular weight is 859 g/mol. The lowest BCUT2D eigenvalue weighted by molar-refractivity contribution is 0.811. The lowest BCUT2D eigenvalue weighted by Gasteiger charge is -2.33. The fourth-order valence-electron chi connectivity index (χ4n) is 10.8. The predicted octanol–water partition coefficient (Wildman–Crippen LogP) is 17.5. The van der Waals surface area contributed by atoms with Gasteiger partial charge in [-0.25, -0.2) is 0 Å². The minimum atomic E-state index is -0.576. The van der Waals surface area contributed by atoms with Gasteiger partial charge in [-0.1, -0.05) is 182 Å². The van der Waals surface area contributed by atoms with E-state index < -0.39 is 5.41 Å². The van der Waals surface area contributed by atoms with Gasteiger partial charge in [-0.15, -0.1) is 11.3 Å². The molecule has 310 valence electrons. The zero-order valence-corrected chi connectivity index (χ0v) is 36.9. The van der Waals surface area contributed by atoms with Crippen molar-refractivity contribution in [1.29, 1.82) is 0 Å². The van der Waals surface area contributed by atoms with Crippen LogP contribution < -0.4 is 9.80 Å². The Bertz CT molecular complexity index is 3540. The first-order valence-electron chi connectivity index (χ1n) is 22.7.